The summed E-state index contributed by atoms with van der Waals surface area (Å²) >= 11 is 3.59. The van der Waals surface area contributed by atoms with Crippen LogP contribution in [0.2, 0.25) is 0 Å². The molecule has 0 saturated heterocycles. The van der Waals surface area contributed by atoms with Gasteiger partial charge in [-0.2, -0.15) is 0 Å². The van der Waals surface area contributed by atoms with Crippen molar-refractivity contribution in [1.82, 2.24) is 0 Å². The fourth-order valence-electron chi connectivity index (χ4n) is 10.8. The molecule has 0 aliphatic carbocycles. The Morgan fingerprint density at radius 1 is 0.305 bits per heavy atom. The van der Waals surface area contributed by atoms with E-state index >= 15 is 0 Å². The second-order valence-electron chi connectivity index (χ2n) is 22.6. The minimum absolute atomic E-state index is 0.446. The van der Waals surface area contributed by atoms with Crippen LogP contribution in [-0.4, -0.2) is 26.4 Å². The van der Waals surface area contributed by atoms with Crippen molar-refractivity contribution in [1.29, 1.82) is 0 Å². The number of fused-ring (bicyclic) bond motifs is 8. The average molecular weight is 1130 g/mol. The lowest BCUT2D eigenvalue weighted by molar-refractivity contribution is 0.225. The van der Waals surface area contributed by atoms with Crippen LogP contribution in [0.15, 0.2) is 97.1 Å². The van der Waals surface area contributed by atoms with Crippen molar-refractivity contribution in [3.63, 3.8) is 0 Å². The Morgan fingerprint density at radius 2 is 0.549 bits per heavy atom. The molecule has 4 atom stereocenters. The molecular formula is C76H84O4S2. The number of benzene rings is 6. The Hall–Kier alpha value is -6.80. The molecule has 0 amide bonds. The molecule has 0 radical (unpaired) electrons. The van der Waals surface area contributed by atoms with E-state index in [-0.39, 0.29) is 0 Å². The van der Waals surface area contributed by atoms with E-state index in [0.717, 1.165) is 139 Å². The highest BCUT2D eigenvalue weighted by Gasteiger charge is 2.16. The van der Waals surface area contributed by atoms with Crippen molar-refractivity contribution >= 4 is 106 Å². The molecule has 0 saturated carbocycles. The maximum Gasteiger partial charge on any atom is 0.138 e. The van der Waals surface area contributed by atoms with Crippen LogP contribution in [0.5, 0.6) is 23.0 Å². The smallest absolute Gasteiger partial charge is 0.138 e. The first-order chi connectivity index (χ1) is 40.2. The number of hydrogen-bond acceptors (Lipinski definition) is 6. The van der Waals surface area contributed by atoms with Crippen LogP contribution < -0.4 is 18.9 Å². The summed E-state index contributed by atoms with van der Waals surface area (Å²) in [4.78, 5) is 0. The summed E-state index contributed by atoms with van der Waals surface area (Å²) in [7, 11) is 0. The second kappa shape index (κ2) is 30.0. The number of hydrogen-bond donors (Lipinski definition) is 0. The van der Waals surface area contributed by atoms with Gasteiger partial charge in [0.05, 0.1) is 48.0 Å². The fraction of sp³-hybridized carbons (Fsp3) is 0.421. The molecule has 0 spiro atoms. The highest BCUT2D eigenvalue weighted by atomic mass is 32.1. The molecule has 4 nitrogen and oxygen atoms in total. The van der Waals surface area contributed by atoms with Gasteiger partial charge < -0.3 is 18.9 Å². The van der Waals surface area contributed by atoms with Crippen molar-refractivity contribution in [2.24, 2.45) is 23.7 Å². The van der Waals surface area contributed by atoms with Crippen molar-refractivity contribution in [3.8, 4) is 23.0 Å². The zero-order valence-electron chi connectivity index (χ0n) is 50.1. The Kier molecular flexibility index (Phi) is 21.9. The van der Waals surface area contributed by atoms with E-state index in [1.165, 1.54) is 70.2 Å². The molecule has 82 heavy (non-hydrogen) atoms. The fourth-order valence-corrected chi connectivity index (χ4v) is 13.0. The molecule has 9 aromatic rings. The Morgan fingerprint density at radius 3 is 0.768 bits per heavy atom. The Balaban J connectivity index is 1.28. The van der Waals surface area contributed by atoms with E-state index in [1.807, 2.05) is 0 Å². The van der Waals surface area contributed by atoms with Crippen LogP contribution in [0.25, 0.3) is 83.4 Å². The summed E-state index contributed by atoms with van der Waals surface area (Å²) in [5.74, 6) is 4.75. The minimum atomic E-state index is 0.446. The van der Waals surface area contributed by atoms with Gasteiger partial charge in [0.1, 0.15) is 23.0 Å². The van der Waals surface area contributed by atoms with Gasteiger partial charge in [0.25, 0.3) is 0 Å². The summed E-state index contributed by atoms with van der Waals surface area (Å²) in [5.41, 5.74) is 0. The first-order valence-electron chi connectivity index (χ1n) is 31.1. The van der Waals surface area contributed by atoms with Gasteiger partial charge in [0.15, 0.2) is 0 Å². The zero-order chi connectivity index (χ0) is 57.2. The van der Waals surface area contributed by atoms with Crippen molar-refractivity contribution in [3.05, 3.63) is 146 Å². The molecule has 0 aliphatic heterocycles. The molecule has 4 unspecified atom stereocenters. The molecule has 12 bridgehead atoms. The van der Waals surface area contributed by atoms with Crippen LogP contribution >= 0.6 is 22.7 Å². The van der Waals surface area contributed by atoms with E-state index in [2.05, 4.69) is 201 Å². The molecule has 2 aromatic heterocycles. The number of rotatable bonds is 28. The lowest BCUT2D eigenvalue weighted by Crippen LogP contribution is -2.13. The van der Waals surface area contributed by atoms with E-state index in [4.69, 9.17) is 18.9 Å². The van der Waals surface area contributed by atoms with E-state index < -0.39 is 0 Å². The van der Waals surface area contributed by atoms with Crippen LogP contribution in [0.3, 0.4) is 0 Å². The van der Waals surface area contributed by atoms with Crippen LogP contribution in [0.1, 0.15) is 158 Å². The summed E-state index contributed by atoms with van der Waals surface area (Å²) in [6, 6.07) is 63.5. The van der Waals surface area contributed by atoms with Crippen LogP contribution in [0.4, 0.5) is 0 Å². The molecule has 424 valence electrons. The topological polar surface area (TPSA) is 36.9 Å². The SMILES string of the molecule is CCCCC(CC)COc1cc(OCC(CC)CCCC)c2c#cc3ccc4sc5ccc(c#cc6cc(c#cc7ccc8sc9ccc(c#cc1c2)cc9c8c7)c(OCC(CC)CCCC)cc6OCC(CC)CCCC)cc5c4c3. The zero-order valence-corrected chi connectivity index (χ0v) is 51.8. The normalized spacial score (nSPS) is 12.8. The lowest BCUT2D eigenvalue weighted by atomic mass is 10.0. The number of unbranched alkanes of at least 4 members (excludes halogenated alkanes) is 4. The highest BCUT2D eigenvalue weighted by molar-refractivity contribution is 7.26. The average Bonchev–Trinajstić information content (AvgIpc) is 4.16. The summed E-state index contributed by atoms with van der Waals surface area (Å²) < 4.78 is 32.2. The van der Waals surface area contributed by atoms with Gasteiger partial charge in [0.2, 0.25) is 0 Å². The van der Waals surface area contributed by atoms with E-state index in [1.54, 1.807) is 22.7 Å². The molecular weight excluding hydrogens is 1040 g/mol. The summed E-state index contributed by atoms with van der Waals surface area (Å²) in [6.45, 7) is 20.6. The predicted molar refractivity (Wildman–Crippen MR) is 352 cm³/mol. The number of ether oxygens (including phenoxy) is 4. The number of thiophene rings is 2. The predicted octanol–water partition coefficient (Wildman–Crippen LogP) is 22.6. The third-order valence-electron chi connectivity index (χ3n) is 16.5. The van der Waals surface area contributed by atoms with Gasteiger partial charge in [-0.15, -0.1) is 22.7 Å². The van der Waals surface area contributed by atoms with Gasteiger partial charge >= 0.3 is 0 Å². The van der Waals surface area contributed by atoms with Gasteiger partial charge in [-0.05, 0) is 134 Å². The van der Waals surface area contributed by atoms with Crippen molar-refractivity contribution in [2.45, 2.75) is 158 Å². The molecule has 7 aromatic carbocycles. The van der Waals surface area contributed by atoms with E-state index in [9.17, 15) is 0 Å². The Bertz CT molecular complexity index is 3250. The maximum absolute atomic E-state index is 6.85. The first-order valence-corrected chi connectivity index (χ1v) is 32.7. The van der Waals surface area contributed by atoms with Crippen LogP contribution in [-0.2, 0) is 0 Å². The lowest BCUT2D eigenvalue weighted by Gasteiger charge is -2.18. The Labute approximate surface area is 498 Å². The molecule has 6 heteroatoms. The maximum atomic E-state index is 6.85. The van der Waals surface area contributed by atoms with Gasteiger partial charge in [-0.1, -0.05) is 181 Å². The third-order valence-corrected chi connectivity index (χ3v) is 18.8. The molecule has 0 N–H and O–H groups in total. The largest absolute Gasteiger partial charge is 0.492 e. The third kappa shape index (κ3) is 15.4. The van der Waals surface area contributed by atoms with E-state index in [0.29, 0.717) is 50.1 Å². The van der Waals surface area contributed by atoms with Gasteiger partial charge in [0, 0.05) is 74.0 Å². The van der Waals surface area contributed by atoms with Gasteiger partial charge in [-0.25, -0.2) is 0 Å². The highest BCUT2D eigenvalue weighted by Crippen LogP contribution is 2.38. The van der Waals surface area contributed by atoms with Crippen LogP contribution in [0, 0.1) is 72.2 Å². The molecule has 2 heterocycles. The summed E-state index contributed by atoms with van der Waals surface area (Å²) in [6.07, 6.45) is 18.1. The standard InChI is InChI=1S/C76H84O4S2/c1-9-17-21-53(13-5)49-77-69-47-70(78-50-54(14-6)22-18-10-2)62-34-26-58-30-38-75-67(42-58)68-44-60(32-40-76(68)82-75)28-36-64-46-63(71(79-51-55(15-7)23-19-11-3)48-72(64)80-52-56(16-8)24-20-12-4)35-27-59-31-39-74-66(43-59)65-41-57(25-33-61(69)45-62)29-37-73(65)81-74/h29-32,37-48,53-56H,9-24,49-52H2,1-8H3. The quantitative estimate of drug-likeness (QED) is 0.0490. The van der Waals surface area contributed by atoms with Crippen molar-refractivity contribution in [2.75, 3.05) is 26.4 Å². The molecule has 0 aliphatic rings. The molecule has 9 rings (SSSR count). The second-order valence-corrected chi connectivity index (χ2v) is 24.8. The van der Waals surface area contributed by atoms with Crippen molar-refractivity contribution < 1.29 is 18.9 Å². The monoisotopic (exact) mass is 1120 g/mol. The summed E-state index contributed by atoms with van der Waals surface area (Å²) in [5, 5.41) is 11.6. The first kappa shape index (κ1) is 59.8. The minimum Gasteiger partial charge on any atom is -0.492 e. The molecule has 0 fully saturated rings. The van der Waals surface area contributed by atoms with Gasteiger partial charge in [-0.3, -0.25) is 0 Å².